The van der Waals surface area contributed by atoms with Crippen LogP contribution in [0.4, 0.5) is 0 Å². The van der Waals surface area contributed by atoms with Gasteiger partial charge in [0.15, 0.2) is 0 Å². The van der Waals surface area contributed by atoms with Gasteiger partial charge in [-0.2, -0.15) is 0 Å². The normalized spacial score (nSPS) is 10.5. The number of alkyl halides is 1. The minimum absolute atomic E-state index is 0.964. The summed E-state index contributed by atoms with van der Waals surface area (Å²) in [5.41, 5.74) is 1.28. The standard InChI is InChI=1S/C8H5Br5/c9-2-1-4-3-5(10)7(12)8(13)6(4)11/h3H,1-2H2. The lowest BCUT2D eigenvalue weighted by Gasteiger charge is -2.08. The molecule has 1 aromatic rings. The van der Waals surface area contributed by atoms with Gasteiger partial charge in [-0.1, -0.05) is 15.9 Å². The van der Waals surface area contributed by atoms with Crippen molar-refractivity contribution >= 4 is 79.6 Å². The number of benzene rings is 1. The van der Waals surface area contributed by atoms with E-state index >= 15 is 0 Å². The molecule has 0 fully saturated rings. The van der Waals surface area contributed by atoms with Crippen LogP contribution in [-0.4, -0.2) is 5.33 Å². The van der Waals surface area contributed by atoms with E-state index < -0.39 is 0 Å². The second-order valence-electron chi connectivity index (χ2n) is 2.40. The fourth-order valence-corrected chi connectivity index (χ4v) is 3.63. The van der Waals surface area contributed by atoms with Crippen molar-refractivity contribution in [3.05, 3.63) is 29.5 Å². The van der Waals surface area contributed by atoms with Crippen molar-refractivity contribution in [3.63, 3.8) is 0 Å². The van der Waals surface area contributed by atoms with Gasteiger partial charge in [-0.15, -0.1) is 0 Å². The molecule has 0 aliphatic rings. The lowest BCUT2D eigenvalue weighted by Crippen LogP contribution is -1.90. The topological polar surface area (TPSA) is 0 Å². The first-order valence-electron chi connectivity index (χ1n) is 3.45. The zero-order valence-corrected chi connectivity index (χ0v) is 14.3. The molecule has 13 heavy (non-hydrogen) atoms. The third-order valence-corrected chi connectivity index (χ3v) is 6.68. The average molecular weight is 501 g/mol. The molecule has 0 aromatic heterocycles. The Morgan fingerprint density at radius 1 is 0.923 bits per heavy atom. The van der Waals surface area contributed by atoms with Crippen LogP contribution in [0.2, 0.25) is 0 Å². The number of halogens is 5. The maximum absolute atomic E-state index is 3.55. The summed E-state index contributed by atoms with van der Waals surface area (Å²) < 4.78 is 4.27. The lowest BCUT2D eigenvalue weighted by atomic mass is 10.2. The molecule has 0 saturated carbocycles. The molecule has 0 heterocycles. The summed E-state index contributed by atoms with van der Waals surface area (Å²) in [6, 6.07) is 2.11. The molecule has 72 valence electrons. The first-order chi connectivity index (χ1) is 6.07. The van der Waals surface area contributed by atoms with Crippen molar-refractivity contribution in [2.24, 2.45) is 0 Å². The molecule has 0 spiro atoms. The van der Waals surface area contributed by atoms with Gasteiger partial charge in [0.05, 0.1) is 0 Å². The molecule has 0 saturated heterocycles. The third-order valence-electron chi connectivity index (χ3n) is 1.54. The molecule has 0 aliphatic heterocycles. The van der Waals surface area contributed by atoms with Crippen LogP contribution in [0.25, 0.3) is 0 Å². The van der Waals surface area contributed by atoms with E-state index in [0.29, 0.717) is 0 Å². The molecule has 0 N–H and O–H groups in total. The highest BCUT2D eigenvalue weighted by molar-refractivity contribution is 9.15. The molecule has 0 atom stereocenters. The Kier molecular flexibility index (Phi) is 5.50. The van der Waals surface area contributed by atoms with Gasteiger partial charge >= 0.3 is 0 Å². The highest BCUT2D eigenvalue weighted by atomic mass is 79.9. The first-order valence-corrected chi connectivity index (χ1v) is 7.75. The first kappa shape index (κ1) is 12.7. The number of hydrogen-bond acceptors (Lipinski definition) is 0. The molecule has 0 amide bonds. The Balaban J connectivity index is 3.24. The number of rotatable bonds is 2. The Bertz CT molecular complexity index is 321. The highest BCUT2D eigenvalue weighted by Crippen LogP contribution is 2.39. The second-order valence-corrected chi connectivity index (χ2v) is 6.42. The maximum atomic E-state index is 3.55. The summed E-state index contributed by atoms with van der Waals surface area (Å²) in [4.78, 5) is 0. The van der Waals surface area contributed by atoms with Gasteiger partial charge < -0.3 is 0 Å². The SMILES string of the molecule is BrCCc1cc(Br)c(Br)c(Br)c1Br. The lowest BCUT2D eigenvalue weighted by molar-refractivity contribution is 1.14. The van der Waals surface area contributed by atoms with Crippen LogP contribution < -0.4 is 0 Å². The minimum atomic E-state index is 0.964. The van der Waals surface area contributed by atoms with Crippen LogP contribution in [0.15, 0.2) is 24.0 Å². The maximum Gasteiger partial charge on any atom is 0.0473 e. The van der Waals surface area contributed by atoms with Crippen molar-refractivity contribution in [2.75, 3.05) is 5.33 Å². The molecule has 0 radical (unpaired) electrons. The van der Waals surface area contributed by atoms with Crippen LogP contribution in [-0.2, 0) is 6.42 Å². The van der Waals surface area contributed by atoms with E-state index in [2.05, 4.69) is 85.7 Å². The Labute approximate surface area is 119 Å². The summed E-state index contributed by atoms with van der Waals surface area (Å²) in [7, 11) is 0. The summed E-state index contributed by atoms with van der Waals surface area (Å²) in [5, 5.41) is 0.964. The van der Waals surface area contributed by atoms with E-state index in [1.807, 2.05) is 0 Å². The fourth-order valence-electron chi connectivity index (χ4n) is 0.906. The predicted octanol–water partition coefficient (Wildman–Crippen LogP) is 5.67. The summed E-state index contributed by atoms with van der Waals surface area (Å²) in [5.74, 6) is 0. The van der Waals surface area contributed by atoms with Gasteiger partial charge in [0, 0.05) is 23.2 Å². The van der Waals surface area contributed by atoms with Crippen LogP contribution in [0.3, 0.4) is 0 Å². The van der Waals surface area contributed by atoms with Crippen molar-refractivity contribution in [1.82, 2.24) is 0 Å². The van der Waals surface area contributed by atoms with Crippen molar-refractivity contribution in [3.8, 4) is 0 Å². The second kappa shape index (κ2) is 5.64. The Morgan fingerprint density at radius 3 is 2.08 bits per heavy atom. The number of aryl methyl sites for hydroxylation is 1. The van der Waals surface area contributed by atoms with Crippen LogP contribution in [0.5, 0.6) is 0 Å². The van der Waals surface area contributed by atoms with E-state index in [0.717, 1.165) is 29.6 Å². The van der Waals surface area contributed by atoms with Gasteiger partial charge in [0.2, 0.25) is 0 Å². The van der Waals surface area contributed by atoms with Crippen LogP contribution in [0.1, 0.15) is 5.56 Å². The van der Waals surface area contributed by atoms with Gasteiger partial charge in [-0.05, 0) is 81.8 Å². The third kappa shape index (κ3) is 3.03. The summed E-state index contributed by atoms with van der Waals surface area (Å²) in [6.07, 6.45) is 1.01. The quantitative estimate of drug-likeness (QED) is 0.279. The molecule has 0 aliphatic carbocycles. The predicted molar refractivity (Wildman–Crippen MR) is 74.7 cm³/mol. The minimum Gasteiger partial charge on any atom is -0.0924 e. The van der Waals surface area contributed by atoms with E-state index in [1.165, 1.54) is 5.56 Å². The van der Waals surface area contributed by atoms with Crippen LogP contribution in [0, 0.1) is 0 Å². The Hall–Kier alpha value is 1.62. The van der Waals surface area contributed by atoms with E-state index in [-0.39, 0.29) is 0 Å². The van der Waals surface area contributed by atoms with Gasteiger partial charge in [-0.3, -0.25) is 0 Å². The zero-order valence-electron chi connectivity index (χ0n) is 6.38. The van der Waals surface area contributed by atoms with Crippen molar-refractivity contribution in [1.29, 1.82) is 0 Å². The molecule has 0 unspecified atom stereocenters. The fraction of sp³-hybridized carbons (Fsp3) is 0.250. The summed E-state index contributed by atoms with van der Waals surface area (Å²) in [6.45, 7) is 0. The summed E-state index contributed by atoms with van der Waals surface area (Å²) >= 11 is 17.5. The average Bonchev–Trinajstić information content (AvgIpc) is 2.11. The van der Waals surface area contributed by atoms with E-state index in [9.17, 15) is 0 Å². The van der Waals surface area contributed by atoms with Crippen molar-refractivity contribution in [2.45, 2.75) is 6.42 Å². The Morgan fingerprint density at radius 2 is 1.54 bits per heavy atom. The van der Waals surface area contributed by atoms with Gasteiger partial charge in [-0.25, -0.2) is 0 Å². The molecule has 5 heteroatoms. The van der Waals surface area contributed by atoms with Gasteiger partial charge in [0.25, 0.3) is 0 Å². The van der Waals surface area contributed by atoms with Crippen LogP contribution >= 0.6 is 79.6 Å². The largest absolute Gasteiger partial charge is 0.0924 e. The van der Waals surface area contributed by atoms with Gasteiger partial charge in [0.1, 0.15) is 0 Å². The molecular weight excluding hydrogens is 496 g/mol. The van der Waals surface area contributed by atoms with E-state index in [4.69, 9.17) is 0 Å². The monoisotopic (exact) mass is 496 g/mol. The molecule has 0 bridgehead atoms. The van der Waals surface area contributed by atoms with E-state index in [1.54, 1.807) is 0 Å². The highest BCUT2D eigenvalue weighted by Gasteiger charge is 2.10. The molecule has 1 rings (SSSR count). The zero-order chi connectivity index (χ0) is 10.0. The number of hydrogen-bond donors (Lipinski definition) is 0. The molecular formula is C8H5Br5. The van der Waals surface area contributed by atoms with Crippen molar-refractivity contribution < 1.29 is 0 Å². The molecule has 1 aromatic carbocycles. The molecule has 0 nitrogen and oxygen atoms in total. The smallest absolute Gasteiger partial charge is 0.0473 e.